The topological polar surface area (TPSA) is 76.1 Å². The maximum Gasteiger partial charge on any atom is 0.291 e. The lowest BCUT2D eigenvalue weighted by molar-refractivity contribution is 0.0309. The van der Waals surface area contributed by atoms with Gasteiger partial charge in [-0.1, -0.05) is 12.1 Å². The molecule has 1 fully saturated rings. The lowest BCUT2D eigenvalue weighted by Gasteiger charge is -2.30. The van der Waals surface area contributed by atoms with Gasteiger partial charge in [-0.2, -0.15) is 0 Å². The van der Waals surface area contributed by atoms with Gasteiger partial charge < -0.3 is 18.5 Å². The highest BCUT2D eigenvalue weighted by atomic mass is 16.5. The second-order valence-corrected chi connectivity index (χ2v) is 7.47. The molecule has 1 aromatic carbocycles. The zero-order valence-corrected chi connectivity index (χ0v) is 16.2. The maximum atomic E-state index is 13.3. The largest absolute Gasteiger partial charge is 0.464 e. The summed E-state index contributed by atoms with van der Waals surface area (Å²) in [4.78, 5) is 30.5. The minimum Gasteiger partial charge on any atom is -0.464 e. The van der Waals surface area contributed by atoms with Crippen LogP contribution in [0.4, 0.5) is 0 Å². The number of hydrogen-bond donors (Lipinski definition) is 0. The van der Waals surface area contributed by atoms with Gasteiger partial charge in [-0.3, -0.25) is 14.5 Å². The van der Waals surface area contributed by atoms with Gasteiger partial charge in [-0.05, 0) is 31.2 Å². The van der Waals surface area contributed by atoms with Crippen molar-refractivity contribution in [2.75, 3.05) is 39.4 Å². The van der Waals surface area contributed by atoms with E-state index in [-0.39, 0.29) is 17.1 Å². The van der Waals surface area contributed by atoms with Crippen LogP contribution in [0, 0.1) is 6.92 Å². The average molecular weight is 394 g/mol. The van der Waals surface area contributed by atoms with Crippen molar-refractivity contribution in [3.63, 3.8) is 0 Å². The van der Waals surface area contributed by atoms with Crippen LogP contribution in [0.15, 0.2) is 50.0 Å². The van der Waals surface area contributed by atoms with Gasteiger partial charge in [0.1, 0.15) is 23.1 Å². The second kappa shape index (κ2) is 7.17. The van der Waals surface area contributed by atoms with Crippen molar-refractivity contribution < 1.29 is 18.4 Å². The van der Waals surface area contributed by atoms with E-state index in [4.69, 9.17) is 13.6 Å². The third-order valence-electron chi connectivity index (χ3n) is 5.66. The van der Waals surface area contributed by atoms with Crippen molar-refractivity contribution in [3.05, 3.63) is 69.5 Å². The Labute approximate surface area is 167 Å². The first-order chi connectivity index (χ1) is 14.1. The second-order valence-electron chi connectivity index (χ2n) is 7.47. The van der Waals surface area contributed by atoms with Crippen LogP contribution in [-0.4, -0.2) is 55.1 Å². The third kappa shape index (κ3) is 3.07. The van der Waals surface area contributed by atoms with E-state index in [1.165, 1.54) is 0 Å². The minimum absolute atomic E-state index is 0.120. The SMILES string of the molecule is Cc1ccc([C@@H]2c3c(oc4ccccc4c3=O)C(=O)N2CCN2CCOCC2)o1. The molecule has 2 aliphatic rings. The first-order valence-electron chi connectivity index (χ1n) is 9.86. The smallest absolute Gasteiger partial charge is 0.291 e. The Balaban J connectivity index is 1.58. The fourth-order valence-corrected chi connectivity index (χ4v) is 4.17. The molecule has 1 saturated heterocycles. The van der Waals surface area contributed by atoms with Gasteiger partial charge in [-0.25, -0.2) is 0 Å². The number of rotatable bonds is 4. The molecule has 0 spiro atoms. The first-order valence-corrected chi connectivity index (χ1v) is 9.86. The molecule has 29 heavy (non-hydrogen) atoms. The Kier molecular flexibility index (Phi) is 4.49. The van der Waals surface area contributed by atoms with Crippen LogP contribution < -0.4 is 5.43 Å². The summed E-state index contributed by atoms with van der Waals surface area (Å²) in [6, 6.07) is 10.1. The molecule has 0 bridgehead atoms. The summed E-state index contributed by atoms with van der Waals surface area (Å²) < 4.78 is 17.2. The van der Waals surface area contributed by atoms with E-state index in [2.05, 4.69) is 4.90 Å². The summed E-state index contributed by atoms with van der Waals surface area (Å²) in [5, 5.41) is 0.474. The van der Waals surface area contributed by atoms with Crippen LogP contribution in [0.2, 0.25) is 0 Å². The van der Waals surface area contributed by atoms with E-state index in [1.54, 1.807) is 29.2 Å². The van der Waals surface area contributed by atoms with Crippen LogP contribution in [0.3, 0.4) is 0 Å². The lowest BCUT2D eigenvalue weighted by Crippen LogP contribution is -2.42. The van der Waals surface area contributed by atoms with Gasteiger partial charge in [0.2, 0.25) is 5.76 Å². The molecule has 7 heteroatoms. The number of ether oxygens (including phenoxy) is 1. The Morgan fingerprint density at radius 2 is 1.79 bits per heavy atom. The molecule has 0 saturated carbocycles. The fourth-order valence-electron chi connectivity index (χ4n) is 4.17. The quantitative estimate of drug-likeness (QED) is 0.677. The highest BCUT2D eigenvalue weighted by Gasteiger charge is 2.44. The van der Waals surface area contributed by atoms with E-state index in [1.807, 2.05) is 19.1 Å². The predicted octanol–water partition coefficient (Wildman–Crippen LogP) is 2.57. The molecular weight excluding hydrogens is 372 g/mol. The summed E-state index contributed by atoms with van der Waals surface area (Å²) >= 11 is 0. The summed E-state index contributed by atoms with van der Waals surface area (Å²) in [7, 11) is 0. The summed E-state index contributed by atoms with van der Waals surface area (Å²) in [6.07, 6.45) is 0. The van der Waals surface area contributed by atoms with Crippen molar-refractivity contribution in [1.82, 2.24) is 9.80 Å². The highest BCUT2D eigenvalue weighted by molar-refractivity contribution is 5.98. The Morgan fingerprint density at radius 1 is 1.00 bits per heavy atom. The Morgan fingerprint density at radius 3 is 2.55 bits per heavy atom. The minimum atomic E-state index is -0.576. The van der Waals surface area contributed by atoms with Gasteiger partial charge in [0.25, 0.3) is 5.91 Å². The molecule has 150 valence electrons. The monoisotopic (exact) mass is 394 g/mol. The molecule has 0 radical (unpaired) electrons. The molecular formula is C22H22N2O5. The number of hydrogen-bond acceptors (Lipinski definition) is 6. The number of morpholine rings is 1. The van der Waals surface area contributed by atoms with Crippen molar-refractivity contribution in [2.45, 2.75) is 13.0 Å². The Hall–Kier alpha value is -2.90. The van der Waals surface area contributed by atoms with E-state index in [0.717, 1.165) is 18.8 Å². The van der Waals surface area contributed by atoms with Crippen LogP contribution >= 0.6 is 0 Å². The third-order valence-corrected chi connectivity index (χ3v) is 5.66. The van der Waals surface area contributed by atoms with Crippen LogP contribution in [0.1, 0.15) is 33.7 Å². The van der Waals surface area contributed by atoms with Gasteiger partial charge in [0, 0.05) is 26.2 Å². The maximum absolute atomic E-state index is 13.3. The number of aryl methyl sites for hydroxylation is 1. The van der Waals surface area contributed by atoms with Crippen LogP contribution in [0.25, 0.3) is 11.0 Å². The lowest BCUT2D eigenvalue weighted by atomic mass is 10.0. The Bertz CT molecular complexity index is 1130. The number of carbonyl (C=O) groups excluding carboxylic acids is 1. The molecule has 0 N–H and O–H groups in total. The number of benzene rings is 1. The first kappa shape index (κ1) is 18.1. The number of para-hydroxylation sites is 1. The molecule has 2 aromatic heterocycles. The van der Waals surface area contributed by atoms with Crippen LogP contribution in [-0.2, 0) is 4.74 Å². The molecule has 0 aliphatic carbocycles. The number of carbonyl (C=O) groups is 1. The van der Waals surface area contributed by atoms with Crippen molar-refractivity contribution in [1.29, 1.82) is 0 Å². The fraction of sp³-hybridized carbons (Fsp3) is 0.364. The van der Waals surface area contributed by atoms with Gasteiger partial charge in [-0.15, -0.1) is 0 Å². The van der Waals surface area contributed by atoms with Gasteiger partial charge in [0.15, 0.2) is 5.43 Å². The van der Waals surface area contributed by atoms with E-state index >= 15 is 0 Å². The normalized spacial score (nSPS) is 19.8. The van der Waals surface area contributed by atoms with Gasteiger partial charge in [0.05, 0.1) is 24.2 Å². The molecule has 1 amide bonds. The molecule has 7 nitrogen and oxygen atoms in total. The summed E-state index contributed by atoms with van der Waals surface area (Å²) in [5.41, 5.74) is 0.613. The number of furan rings is 1. The average Bonchev–Trinajstić information content (AvgIpc) is 3.29. The standard InChI is InChI=1S/C22H22N2O5/c1-14-6-7-17(28-14)19-18-20(25)15-4-2-3-5-16(15)29-21(18)22(26)24(19)9-8-23-10-12-27-13-11-23/h2-7,19H,8-13H2,1H3/t19-/m1/s1. The van der Waals surface area contributed by atoms with Crippen LogP contribution in [0.5, 0.6) is 0 Å². The molecule has 5 rings (SSSR count). The molecule has 0 unspecified atom stereocenters. The van der Waals surface area contributed by atoms with Crippen molar-refractivity contribution >= 4 is 16.9 Å². The van der Waals surface area contributed by atoms with Crippen molar-refractivity contribution in [3.8, 4) is 0 Å². The highest BCUT2D eigenvalue weighted by Crippen LogP contribution is 2.38. The zero-order valence-electron chi connectivity index (χ0n) is 16.2. The summed E-state index contributed by atoms with van der Waals surface area (Å²) in [5.74, 6) is 1.17. The number of fused-ring (bicyclic) bond motifs is 2. The zero-order chi connectivity index (χ0) is 20.0. The summed E-state index contributed by atoms with van der Waals surface area (Å²) in [6.45, 7) is 6.08. The van der Waals surface area contributed by atoms with Crippen molar-refractivity contribution in [2.24, 2.45) is 0 Å². The van der Waals surface area contributed by atoms with E-state index < -0.39 is 6.04 Å². The predicted molar refractivity (Wildman–Crippen MR) is 106 cm³/mol. The molecule has 1 atom stereocenters. The van der Waals surface area contributed by atoms with E-state index in [9.17, 15) is 9.59 Å². The number of amides is 1. The molecule has 4 heterocycles. The van der Waals surface area contributed by atoms with Gasteiger partial charge >= 0.3 is 0 Å². The molecule has 2 aliphatic heterocycles. The number of nitrogens with zero attached hydrogens (tertiary/aromatic N) is 2. The molecule has 3 aromatic rings. The van der Waals surface area contributed by atoms with E-state index in [0.29, 0.717) is 48.6 Å².